The topological polar surface area (TPSA) is 25.8 Å². The molecular formula is C7H12N2Si. The minimum Gasteiger partial charge on any atom is -0.263 e. The molecule has 0 fully saturated rings. The summed E-state index contributed by atoms with van der Waals surface area (Å²) in [7, 11) is -3.70. The summed E-state index contributed by atoms with van der Waals surface area (Å²) in [6, 6.07) is 0. The van der Waals surface area contributed by atoms with Crippen LogP contribution in [0, 0.1) is 0 Å². The normalized spacial score (nSPS) is 22.9. The van der Waals surface area contributed by atoms with E-state index in [1.54, 1.807) is 0 Å². The van der Waals surface area contributed by atoms with E-state index in [0.717, 1.165) is 0 Å². The van der Waals surface area contributed by atoms with E-state index in [-0.39, 0.29) is 5.32 Å². The smallest absolute Gasteiger partial charge is 0.103 e. The molecule has 0 N–H and O–H groups in total. The summed E-state index contributed by atoms with van der Waals surface area (Å²) in [5, 5.41) is 0.0926. The minimum atomic E-state index is -3.70. The zero-order valence-corrected chi connectivity index (χ0v) is 6.63. The van der Waals surface area contributed by atoms with Gasteiger partial charge in [0.2, 0.25) is 0 Å². The first-order valence-corrected chi connectivity index (χ1v) is 5.37. The van der Waals surface area contributed by atoms with Gasteiger partial charge in [0.25, 0.3) is 0 Å². The number of rotatable bonds is 1. The third-order valence-corrected chi connectivity index (χ3v) is 2.36. The van der Waals surface area contributed by atoms with E-state index in [0.29, 0.717) is 0 Å². The van der Waals surface area contributed by atoms with E-state index >= 15 is 0 Å². The molecule has 10 heavy (non-hydrogen) atoms. The van der Waals surface area contributed by atoms with Gasteiger partial charge in [-0.05, 0) is 0 Å². The molecule has 0 aliphatic rings. The van der Waals surface area contributed by atoms with Crippen LogP contribution in [0.2, 0.25) is 19.5 Å². The molecule has 1 heterocycles. The van der Waals surface area contributed by atoms with Crippen molar-refractivity contribution in [1.82, 2.24) is 9.97 Å². The van der Waals surface area contributed by atoms with E-state index in [1.165, 1.54) is 25.1 Å². The summed E-state index contributed by atoms with van der Waals surface area (Å²) in [6.45, 7) is -3.76. The maximum absolute atomic E-state index is 7.45. The Balaban J connectivity index is 3.39. The monoisotopic (exact) mass is 158 g/mol. The molecule has 0 bridgehead atoms. The second-order valence-electron chi connectivity index (χ2n) is 2.22. The fourth-order valence-electron chi connectivity index (χ4n) is 0.557. The molecule has 1 rings (SSSR count). The highest BCUT2D eigenvalue weighted by molar-refractivity contribution is 6.88. The molecule has 0 atom stereocenters. The van der Waals surface area contributed by atoms with Crippen LogP contribution in [0.25, 0.3) is 0 Å². The van der Waals surface area contributed by atoms with E-state index in [9.17, 15) is 0 Å². The van der Waals surface area contributed by atoms with Crippen LogP contribution in [-0.2, 0) is 0 Å². The molecule has 2 nitrogen and oxygen atoms in total. The van der Waals surface area contributed by atoms with Gasteiger partial charge in [-0.2, -0.15) is 0 Å². The Morgan fingerprint density at radius 1 is 1.50 bits per heavy atom. The lowest BCUT2D eigenvalue weighted by atomic mass is 10.8. The van der Waals surface area contributed by atoms with Crippen molar-refractivity contribution >= 4 is 13.4 Å². The molecule has 0 aliphatic carbocycles. The zero-order valence-electron chi connectivity index (χ0n) is 11.6. The Morgan fingerprint density at radius 3 is 2.80 bits per heavy atom. The number of nitrogens with zero attached hydrogens (tertiary/aromatic N) is 2. The van der Waals surface area contributed by atoms with Gasteiger partial charge in [-0.3, -0.25) is 9.97 Å². The van der Waals surface area contributed by atoms with Gasteiger partial charge in [-0.1, -0.05) is 19.5 Å². The van der Waals surface area contributed by atoms with Crippen molar-refractivity contribution in [2.24, 2.45) is 0 Å². The Bertz CT molecular complexity index is 345. The summed E-state index contributed by atoms with van der Waals surface area (Å²) in [4.78, 5) is 7.61. The van der Waals surface area contributed by atoms with E-state index in [1.807, 2.05) is 0 Å². The highest BCUT2D eigenvalue weighted by atomic mass is 28.3. The van der Waals surface area contributed by atoms with Crippen LogP contribution in [0.15, 0.2) is 18.6 Å². The average Bonchev–Trinajstić information content (AvgIpc) is 2.14. The first-order chi connectivity index (χ1) is 7.11. The third kappa shape index (κ3) is 1.64. The van der Waals surface area contributed by atoms with Crippen LogP contribution in [0.3, 0.4) is 0 Å². The van der Waals surface area contributed by atoms with Crippen molar-refractivity contribution in [3.8, 4) is 0 Å². The SMILES string of the molecule is [2H]C([2H])([2H])[Si](C)(c1cnccn1)C([2H])([2H])[2H]. The highest BCUT2D eigenvalue weighted by Gasteiger charge is 2.17. The van der Waals surface area contributed by atoms with Crippen molar-refractivity contribution in [2.75, 3.05) is 0 Å². The van der Waals surface area contributed by atoms with E-state index < -0.39 is 21.0 Å². The predicted octanol–water partition coefficient (Wildman–Crippen LogP) is 1.02. The van der Waals surface area contributed by atoms with E-state index in [2.05, 4.69) is 9.97 Å². The van der Waals surface area contributed by atoms with Gasteiger partial charge in [0.15, 0.2) is 0 Å². The average molecular weight is 158 g/mol. The maximum Gasteiger partial charge on any atom is 0.103 e. The Hall–Kier alpha value is -0.703. The van der Waals surface area contributed by atoms with Crippen LogP contribution in [-0.4, -0.2) is 18.0 Å². The number of hydrogen-bond acceptors (Lipinski definition) is 2. The summed E-state index contributed by atoms with van der Waals surface area (Å²) in [5.41, 5.74) is 0. The minimum absolute atomic E-state index is 0.0926. The first kappa shape index (κ1) is 2.74. The standard InChI is InChI=1S/C7H12N2Si/c1-10(2,3)7-6-8-4-5-9-7/h4-6H,1-3H3/i1D3,2D3. The van der Waals surface area contributed by atoms with Crippen LogP contribution in [0.5, 0.6) is 0 Å². The Labute approximate surface area is 70.8 Å². The molecule has 0 aromatic carbocycles. The molecule has 0 unspecified atom stereocenters. The van der Waals surface area contributed by atoms with Crippen molar-refractivity contribution in [3.63, 3.8) is 0 Å². The fourth-order valence-corrected chi connectivity index (χ4v) is 1.22. The van der Waals surface area contributed by atoms with Crippen LogP contribution >= 0.6 is 0 Å². The molecule has 1 aromatic rings. The zero-order chi connectivity index (χ0) is 12.6. The predicted molar refractivity (Wildman–Crippen MR) is 45.0 cm³/mol. The molecule has 0 saturated heterocycles. The van der Waals surface area contributed by atoms with Crippen LogP contribution in [0.1, 0.15) is 8.22 Å². The summed E-state index contributed by atoms with van der Waals surface area (Å²) >= 11 is 0. The van der Waals surface area contributed by atoms with E-state index in [4.69, 9.17) is 8.22 Å². The summed E-state index contributed by atoms with van der Waals surface area (Å²) in [6.07, 6.45) is 3.94. The largest absolute Gasteiger partial charge is 0.263 e. The molecule has 3 heteroatoms. The summed E-state index contributed by atoms with van der Waals surface area (Å²) < 4.78 is 44.7. The molecule has 0 spiro atoms. The second-order valence-corrected chi connectivity index (χ2v) is 4.98. The lowest BCUT2D eigenvalue weighted by Crippen LogP contribution is -2.39. The summed E-state index contributed by atoms with van der Waals surface area (Å²) in [5.74, 6) is 0. The van der Waals surface area contributed by atoms with Gasteiger partial charge in [0, 0.05) is 32.1 Å². The maximum atomic E-state index is 7.45. The first-order valence-electron chi connectivity index (χ1n) is 5.87. The fraction of sp³-hybridized carbons (Fsp3) is 0.429. The van der Waals surface area contributed by atoms with Crippen LogP contribution < -0.4 is 5.32 Å². The quantitative estimate of drug-likeness (QED) is 0.570. The number of hydrogen-bond donors (Lipinski definition) is 0. The Morgan fingerprint density at radius 2 is 2.30 bits per heavy atom. The van der Waals surface area contributed by atoms with Crippen molar-refractivity contribution in [3.05, 3.63) is 18.6 Å². The van der Waals surface area contributed by atoms with Crippen molar-refractivity contribution in [1.29, 1.82) is 0 Å². The van der Waals surface area contributed by atoms with Crippen molar-refractivity contribution in [2.45, 2.75) is 19.5 Å². The molecule has 54 valence electrons. The third-order valence-electron chi connectivity index (χ3n) is 1.08. The number of aromatic nitrogens is 2. The van der Waals surface area contributed by atoms with Gasteiger partial charge < -0.3 is 0 Å². The highest BCUT2D eigenvalue weighted by Crippen LogP contribution is 1.96. The van der Waals surface area contributed by atoms with Gasteiger partial charge in [0.05, 0.1) is 0 Å². The molecule has 1 aromatic heterocycles. The Kier molecular flexibility index (Phi) is 0.683. The molecule has 0 radical (unpaired) electrons. The molecular weight excluding hydrogens is 140 g/mol. The van der Waals surface area contributed by atoms with Gasteiger partial charge in [-0.25, -0.2) is 0 Å². The molecule has 0 saturated carbocycles. The van der Waals surface area contributed by atoms with Gasteiger partial charge >= 0.3 is 0 Å². The van der Waals surface area contributed by atoms with Crippen LogP contribution in [0.4, 0.5) is 0 Å². The lowest BCUT2D eigenvalue weighted by Gasteiger charge is -2.12. The van der Waals surface area contributed by atoms with Gasteiger partial charge in [-0.15, -0.1) is 0 Å². The van der Waals surface area contributed by atoms with Gasteiger partial charge in [0.1, 0.15) is 8.07 Å². The van der Waals surface area contributed by atoms with Crippen molar-refractivity contribution < 1.29 is 8.22 Å². The molecule has 0 amide bonds. The molecule has 0 aliphatic heterocycles. The second kappa shape index (κ2) is 2.50. The lowest BCUT2D eigenvalue weighted by molar-refractivity contribution is 1.23.